The summed E-state index contributed by atoms with van der Waals surface area (Å²) in [5.41, 5.74) is 3.47. The van der Waals surface area contributed by atoms with Crippen molar-refractivity contribution in [3.63, 3.8) is 0 Å². The van der Waals surface area contributed by atoms with Gasteiger partial charge in [0.1, 0.15) is 5.75 Å². The fourth-order valence-electron chi connectivity index (χ4n) is 2.45. The number of benzene rings is 1. The molecule has 0 saturated carbocycles. The van der Waals surface area contributed by atoms with Gasteiger partial charge < -0.3 is 4.74 Å². The normalized spacial score (nSPS) is 10.5. The van der Waals surface area contributed by atoms with E-state index in [1.54, 1.807) is 30.4 Å². The second-order valence-corrected chi connectivity index (χ2v) is 5.27. The first-order chi connectivity index (χ1) is 11.2. The molecule has 5 nitrogen and oxygen atoms in total. The third-order valence-electron chi connectivity index (χ3n) is 3.65. The van der Waals surface area contributed by atoms with E-state index >= 15 is 0 Å². The van der Waals surface area contributed by atoms with Gasteiger partial charge in [-0.15, -0.1) is 0 Å². The van der Waals surface area contributed by atoms with Gasteiger partial charge in [0.2, 0.25) is 0 Å². The minimum absolute atomic E-state index is 0.0192. The molecule has 0 saturated heterocycles. The summed E-state index contributed by atoms with van der Waals surface area (Å²) in [6.07, 6.45) is 7.41. The quantitative estimate of drug-likeness (QED) is 0.680. The standard InChI is InChI=1S/C18H17N3O2/c1-21-12-15(11-20-21)14-3-4-16(18(10-14)23-2)17(22)9-13-5-7-19-8-6-13/h3-8,10-12H,9H2,1-2H3. The minimum atomic E-state index is 0.0192. The molecular weight excluding hydrogens is 290 g/mol. The SMILES string of the molecule is COc1cc(-c2cnn(C)c2)ccc1C(=O)Cc1ccncc1. The van der Waals surface area contributed by atoms with Crippen molar-refractivity contribution in [1.82, 2.24) is 14.8 Å². The van der Waals surface area contributed by atoms with Crippen LogP contribution in [0.5, 0.6) is 5.75 Å². The molecule has 1 aromatic carbocycles. The zero-order chi connectivity index (χ0) is 16.2. The first-order valence-corrected chi connectivity index (χ1v) is 7.26. The van der Waals surface area contributed by atoms with Crippen molar-refractivity contribution >= 4 is 5.78 Å². The van der Waals surface area contributed by atoms with Gasteiger partial charge in [0, 0.05) is 37.6 Å². The summed E-state index contributed by atoms with van der Waals surface area (Å²) in [7, 11) is 3.44. The summed E-state index contributed by atoms with van der Waals surface area (Å²) in [4.78, 5) is 16.5. The molecule has 0 atom stereocenters. The Morgan fingerprint density at radius 2 is 1.96 bits per heavy atom. The molecule has 0 N–H and O–H groups in total. The molecule has 0 spiro atoms. The maximum absolute atomic E-state index is 12.5. The molecule has 3 rings (SSSR count). The summed E-state index contributed by atoms with van der Waals surface area (Å²) in [5.74, 6) is 0.594. The van der Waals surface area contributed by atoms with E-state index in [9.17, 15) is 4.79 Å². The Morgan fingerprint density at radius 3 is 2.61 bits per heavy atom. The fraction of sp³-hybridized carbons (Fsp3) is 0.167. The smallest absolute Gasteiger partial charge is 0.170 e. The van der Waals surface area contributed by atoms with E-state index in [-0.39, 0.29) is 5.78 Å². The molecule has 5 heteroatoms. The van der Waals surface area contributed by atoms with Gasteiger partial charge in [-0.1, -0.05) is 6.07 Å². The second-order valence-electron chi connectivity index (χ2n) is 5.27. The highest BCUT2D eigenvalue weighted by Gasteiger charge is 2.14. The summed E-state index contributed by atoms with van der Waals surface area (Å²) < 4.78 is 7.15. The molecule has 0 fully saturated rings. The molecule has 2 heterocycles. The van der Waals surface area contributed by atoms with Gasteiger partial charge in [0.05, 0.1) is 18.9 Å². The number of aryl methyl sites for hydroxylation is 1. The summed E-state index contributed by atoms with van der Waals surface area (Å²) in [6.45, 7) is 0. The van der Waals surface area contributed by atoms with Crippen LogP contribution in [-0.4, -0.2) is 27.7 Å². The van der Waals surface area contributed by atoms with Gasteiger partial charge in [0.25, 0.3) is 0 Å². The first-order valence-electron chi connectivity index (χ1n) is 7.26. The minimum Gasteiger partial charge on any atom is -0.496 e. The van der Waals surface area contributed by atoms with E-state index in [2.05, 4.69) is 10.1 Å². The van der Waals surface area contributed by atoms with Gasteiger partial charge in [-0.3, -0.25) is 14.5 Å². The Balaban J connectivity index is 1.89. The highest BCUT2D eigenvalue weighted by atomic mass is 16.5. The molecule has 116 valence electrons. The number of Topliss-reactive ketones (excluding diaryl/α,β-unsaturated/α-hetero) is 1. The van der Waals surface area contributed by atoms with Crippen molar-refractivity contribution in [1.29, 1.82) is 0 Å². The van der Waals surface area contributed by atoms with Crippen LogP contribution in [0.3, 0.4) is 0 Å². The molecule has 3 aromatic rings. The number of hydrogen-bond donors (Lipinski definition) is 0. The van der Waals surface area contributed by atoms with Crippen LogP contribution in [-0.2, 0) is 13.5 Å². The third-order valence-corrected chi connectivity index (χ3v) is 3.65. The lowest BCUT2D eigenvalue weighted by Gasteiger charge is -2.09. The molecule has 0 radical (unpaired) electrons. The van der Waals surface area contributed by atoms with Crippen LogP contribution in [0.4, 0.5) is 0 Å². The largest absolute Gasteiger partial charge is 0.496 e. The number of carbonyl (C=O) groups excluding carboxylic acids is 1. The molecule has 0 amide bonds. The Hall–Kier alpha value is -2.95. The van der Waals surface area contributed by atoms with Crippen molar-refractivity contribution < 1.29 is 9.53 Å². The maximum Gasteiger partial charge on any atom is 0.170 e. The van der Waals surface area contributed by atoms with Gasteiger partial charge >= 0.3 is 0 Å². The monoisotopic (exact) mass is 307 g/mol. The van der Waals surface area contributed by atoms with Crippen LogP contribution in [0.25, 0.3) is 11.1 Å². The van der Waals surface area contributed by atoms with E-state index < -0.39 is 0 Å². The van der Waals surface area contributed by atoms with Gasteiger partial charge in [-0.2, -0.15) is 5.10 Å². The number of carbonyl (C=O) groups is 1. The molecule has 0 bridgehead atoms. The fourth-order valence-corrected chi connectivity index (χ4v) is 2.45. The van der Waals surface area contributed by atoms with Crippen LogP contribution >= 0.6 is 0 Å². The number of ether oxygens (including phenoxy) is 1. The molecule has 2 aromatic heterocycles. The molecule has 0 aliphatic rings. The highest BCUT2D eigenvalue weighted by Crippen LogP contribution is 2.28. The Labute approximate surface area is 134 Å². The summed E-state index contributed by atoms with van der Waals surface area (Å²) >= 11 is 0. The van der Waals surface area contributed by atoms with Crippen molar-refractivity contribution in [2.75, 3.05) is 7.11 Å². The molecule has 0 aliphatic heterocycles. The maximum atomic E-state index is 12.5. The van der Waals surface area contributed by atoms with Crippen LogP contribution < -0.4 is 4.74 Å². The van der Waals surface area contributed by atoms with Gasteiger partial charge in [0.15, 0.2) is 5.78 Å². The predicted octanol–water partition coefficient (Wildman–Crippen LogP) is 2.92. The number of rotatable bonds is 5. The molecule has 0 aliphatic carbocycles. The Bertz CT molecular complexity index is 825. The lowest BCUT2D eigenvalue weighted by molar-refractivity contribution is 0.0990. The topological polar surface area (TPSA) is 57.0 Å². The summed E-state index contributed by atoms with van der Waals surface area (Å²) in [6, 6.07) is 9.28. The van der Waals surface area contributed by atoms with Crippen molar-refractivity contribution in [2.45, 2.75) is 6.42 Å². The van der Waals surface area contributed by atoms with E-state index in [1.165, 1.54) is 0 Å². The van der Waals surface area contributed by atoms with Crippen LogP contribution in [0, 0.1) is 0 Å². The lowest BCUT2D eigenvalue weighted by Crippen LogP contribution is -2.06. The zero-order valence-electron chi connectivity index (χ0n) is 13.1. The van der Waals surface area contributed by atoms with Crippen molar-refractivity contribution in [3.8, 4) is 16.9 Å². The number of hydrogen-bond acceptors (Lipinski definition) is 4. The Kier molecular flexibility index (Phi) is 4.19. The molecule has 23 heavy (non-hydrogen) atoms. The van der Waals surface area contributed by atoms with E-state index in [4.69, 9.17) is 4.74 Å². The van der Waals surface area contributed by atoms with E-state index in [0.29, 0.717) is 17.7 Å². The summed E-state index contributed by atoms with van der Waals surface area (Å²) in [5, 5.41) is 4.16. The number of pyridine rings is 1. The van der Waals surface area contributed by atoms with Crippen molar-refractivity contribution in [2.24, 2.45) is 7.05 Å². The highest BCUT2D eigenvalue weighted by molar-refractivity contribution is 6.00. The molecular formula is C18H17N3O2. The van der Waals surface area contributed by atoms with Crippen LogP contribution in [0.15, 0.2) is 55.1 Å². The van der Waals surface area contributed by atoms with E-state index in [0.717, 1.165) is 16.7 Å². The average molecular weight is 307 g/mol. The first kappa shape index (κ1) is 15.0. The van der Waals surface area contributed by atoms with Crippen molar-refractivity contribution in [3.05, 3.63) is 66.2 Å². The zero-order valence-corrected chi connectivity index (χ0v) is 13.1. The number of ketones is 1. The number of aromatic nitrogens is 3. The molecule has 0 unspecified atom stereocenters. The van der Waals surface area contributed by atoms with Gasteiger partial charge in [-0.05, 0) is 35.4 Å². The van der Waals surface area contributed by atoms with Crippen LogP contribution in [0.1, 0.15) is 15.9 Å². The third kappa shape index (κ3) is 3.29. The van der Waals surface area contributed by atoms with Gasteiger partial charge in [-0.25, -0.2) is 0 Å². The number of nitrogens with zero attached hydrogens (tertiary/aromatic N) is 3. The lowest BCUT2D eigenvalue weighted by atomic mass is 10.00. The van der Waals surface area contributed by atoms with Crippen LogP contribution in [0.2, 0.25) is 0 Å². The Morgan fingerprint density at radius 1 is 1.17 bits per heavy atom. The number of methoxy groups -OCH3 is 1. The average Bonchev–Trinajstić information content (AvgIpc) is 3.01. The predicted molar refractivity (Wildman–Crippen MR) is 87.5 cm³/mol. The second kappa shape index (κ2) is 6.44. The van der Waals surface area contributed by atoms with E-state index in [1.807, 2.05) is 43.6 Å².